The van der Waals surface area contributed by atoms with Crippen LogP contribution in [0.4, 0.5) is 17.3 Å². The van der Waals surface area contributed by atoms with E-state index in [1.165, 1.54) is 6.07 Å². The lowest BCUT2D eigenvalue weighted by atomic mass is 10.2. The summed E-state index contributed by atoms with van der Waals surface area (Å²) < 4.78 is 5.46. The number of amides is 1. The van der Waals surface area contributed by atoms with Gasteiger partial charge in [0.05, 0.1) is 11.5 Å². The fourth-order valence-electron chi connectivity index (χ4n) is 3.25. The molecule has 2 aromatic rings. The fraction of sp³-hybridized carbons (Fsp3) is 0.368. The number of piperazine rings is 1. The molecular weight excluding hydrogens is 362 g/mol. The minimum absolute atomic E-state index is 0.0845. The highest BCUT2D eigenvalue weighted by Crippen LogP contribution is 2.28. The first-order valence-electron chi connectivity index (χ1n) is 8.91. The van der Waals surface area contributed by atoms with Crippen molar-refractivity contribution in [1.29, 1.82) is 5.26 Å². The SMILES string of the molecule is Cc1oc(NC(=O)CN2CCN(c3ccccc3[N+](=O)[O-])CC2)c(C#N)c1C. The Morgan fingerprint density at radius 2 is 1.96 bits per heavy atom. The molecule has 0 atom stereocenters. The molecular formula is C19H21N5O4. The smallest absolute Gasteiger partial charge is 0.292 e. The number of nitriles is 1. The molecule has 9 nitrogen and oxygen atoms in total. The Hall–Kier alpha value is -3.38. The van der Waals surface area contributed by atoms with E-state index >= 15 is 0 Å². The maximum atomic E-state index is 12.3. The summed E-state index contributed by atoms with van der Waals surface area (Å²) in [5.41, 5.74) is 1.74. The van der Waals surface area contributed by atoms with Gasteiger partial charge in [-0.1, -0.05) is 12.1 Å². The zero-order valence-corrected chi connectivity index (χ0v) is 15.8. The summed E-state index contributed by atoms with van der Waals surface area (Å²) in [7, 11) is 0. The third kappa shape index (κ3) is 3.97. The van der Waals surface area contributed by atoms with E-state index in [0.717, 1.165) is 5.56 Å². The molecule has 0 radical (unpaired) electrons. The van der Waals surface area contributed by atoms with Crippen molar-refractivity contribution in [3.8, 4) is 6.07 Å². The number of benzene rings is 1. The predicted molar refractivity (Wildman–Crippen MR) is 103 cm³/mol. The molecule has 2 heterocycles. The predicted octanol–water partition coefficient (Wildman–Crippen LogP) is 2.44. The summed E-state index contributed by atoms with van der Waals surface area (Å²) in [5, 5.41) is 23.1. The Balaban J connectivity index is 1.58. The van der Waals surface area contributed by atoms with Crippen LogP contribution in [0.5, 0.6) is 0 Å². The maximum absolute atomic E-state index is 12.3. The van der Waals surface area contributed by atoms with Gasteiger partial charge < -0.3 is 9.32 Å². The van der Waals surface area contributed by atoms with E-state index in [-0.39, 0.29) is 28.9 Å². The number of furan rings is 1. The number of nitro benzene ring substituents is 1. The van der Waals surface area contributed by atoms with E-state index < -0.39 is 0 Å². The fourth-order valence-corrected chi connectivity index (χ4v) is 3.25. The topological polar surface area (TPSA) is 116 Å². The van der Waals surface area contributed by atoms with E-state index in [0.29, 0.717) is 43.2 Å². The third-order valence-electron chi connectivity index (χ3n) is 4.91. The first-order chi connectivity index (χ1) is 13.4. The summed E-state index contributed by atoms with van der Waals surface area (Å²) in [6.07, 6.45) is 0. The minimum Gasteiger partial charge on any atom is -0.444 e. The Morgan fingerprint density at radius 1 is 1.29 bits per heavy atom. The van der Waals surface area contributed by atoms with Gasteiger partial charge in [0.1, 0.15) is 23.1 Å². The van der Waals surface area contributed by atoms with Crippen molar-refractivity contribution in [2.45, 2.75) is 13.8 Å². The van der Waals surface area contributed by atoms with E-state index in [9.17, 15) is 20.2 Å². The van der Waals surface area contributed by atoms with Crippen LogP contribution in [0.2, 0.25) is 0 Å². The van der Waals surface area contributed by atoms with Crippen LogP contribution < -0.4 is 10.2 Å². The number of hydrogen-bond acceptors (Lipinski definition) is 7. The van der Waals surface area contributed by atoms with Crippen LogP contribution in [0, 0.1) is 35.3 Å². The van der Waals surface area contributed by atoms with Crippen LogP contribution in [0.15, 0.2) is 28.7 Å². The van der Waals surface area contributed by atoms with E-state index in [1.54, 1.807) is 32.0 Å². The second-order valence-electron chi connectivity index (χ2n) is 6.66. The van der Waals surface area contributed by atoms with Crippen molar-refractivity contribution >= 4 is 23.2 Å². The maximum Gasteiger partial charge on any atom is 0.292 e. The van der Waals surface area contributed by atoms with E-state index in [4.69, 9.17) is 4.42 Å². The molecule has 146 valence electrons. The van der Waals surface area contributed by atoms with E-state index in [2.05, 4.69) is 5.32 Å². The van der Waals surface area contributed by atoms with Gasteiger partial charge in [0.15, 0.2) is 0 Å². The van der Waals surface area contributed by atoms with Crippen LogP contribution in [-0.4, -0.2) is 48.5 Å². The minimum atomic E-state index is -0.380. The number of para-hydroxylation sites is 2. The number of carbonyl (C=O) groups is 1. The third-order valence-corrected chi connectivity index (χ3v) is 4.91. The van der Waals surface area contributed by atoms with Crippen LogP contribution in [0.25, 0.3) is 0 Å². The van der Waals surface area contributed by atoms with Gasteiger partial charge >= 0.3 is 0 Å². The van der Waals surface area contributed by atoms with E-state index in [1.807, 2.05) is 15.9 Å². The molecule has 1 fully saturated rings. The highest BCUT2D eigenvalue weighted by molar-refractivity contribution is 5.92. The zero-order chi connectivity index (χ0) is 20.3. The molecule has 1 saturated heterocycles. The highest BCUT2D eigenvalue weighted by atomic mass is 16.6. The normalized spacial score (nSPS) is 14.5. The second kappa shape index (κ2) is 8.10. The summed E-state index contributed by atoms with van der Waals surface area (Å²) in [6.45, 7) is 6.04. The lowest BCUT2D eigenvalue weighted by molar-refractivity contribution is -0.384. The van der Waals surface area contributed by atoms with Crippen LogP contribution >= 0.6 is 0 Å². The molecule has 1 amide bonds. The largest absolute Gasteiger partial charge is 0.444 e. The number of nitro groups is 1. The number of aryl methyl sites for hydroxylation is 1. The number of hydrogen-bond donors (Lipinski definition) is 1. The van der Waals surface area contributed by atoms with Gasteiger partial charge in [-0.2, -0.15) is 5.26 Å². The van der Waals surface area contributed by atoms with Crippen LogP contribution in [0.3, 0.4) is 0 Å². The molecule has 0 saturated carbocycles. The van der Waals surface area contributed by atoms with Gasteiger partial charge in [-0.15, -0.1) is 0 Å². The van der Waals surface area contributed by atoms with Gasteiger partial charge in [0.2, 0.25) is 11.8 Å². The molecule has 0 aliphatic carbocycles. The van der Waals surface area contributed by atoms with Gasteiger partial charge in [0.25, 0.3) is 5.69 Å². The Bertz CT molecular complexity index is 938. The summed E-state index contributed by atoms with van der Waals surface area (Å²) in [4.78, 5) is 27.1. The van der Waals surface area contributed by atoms with Crippen molar-refractivity contribution in [1.82, 2.24) is 4.90 Å². The first-order valence-corrected chi connectivity index (χ1v) is 8.91. The number of anilines is 2. The molecule has 0 bridgehead atoms. The number of nitrogens with zero attached hydrogens (tertiary/aromatic N) is 4. The first kappa shape index (κ1) is 19.4. The molecule has 3 rings (SSSR count). The average Bonchev–Trinajstić information content (AvgIpc) is 2.95. The van der Waals surface area contributed by atoms with Crippen molar-refractivity contribution in [3.05, 3.63) is 51.3 Å². The molecule has 28 heavy (non-hydrogen) atoms. The second-order valence-corrected chi connectivity index (χ2v) is 6.66. The van der Waals surface area contributed by atoms with Crippen molar-refractivity contribution in [2.75, 3.05) is 42.9 Å². The standard InChI is InChI=1S/C19H21N5O4/c1-13-14(2)28-19(15(13)11-20)21-18(25)12-22-7-9-23(10-8-22)16-5-3-4-6-17(16)24(26)27/h3-6H,7-10,12H2,1-2H3,(H,21,25). The van der Waals surface area contributed by atoms with Crippen LogP contribution in [-0.2, 0) is 4.79 Å². The molecule has 1 aliphatic rings. The van der Waals surface area contributed by atoms with Gasteiger partial charge in [0, 0.05) is 37.8 Å². The zero-order valence-electron chi connectivity index (χ0n) is 15.8. The molecule has 1 N–H and O–H groups in total. The van der Waals surface area contributed by atoms with Crippen molar-refractivity contribution in [3.63, 3.8) is 0 Å². The molecule has 1 aromatic carbocycles. The molecule has 0 unspecified atom stereocenters. The molecule has 9 heteroatoms. The molecule has 0 spiro atoms. The highest BCUT2D eigenvalue weighted by Gasteiger charge is 2.25. The number of nitrogens with one attached hydrogen (secondary N) is 1. The quantitative estimate of drug-likeness (QED) is 0.623. The van der Waals surface area contributed by atoms with Gasteiger partial charge in [-0.3, -0.25) is 25.1 Å². The van der Waals surface area contributed by atoms with Crippen LogP contribution in [0.1, 0.15) is 16.9 Å². The summed E-state index contributed by atoms with van der Waals surface area (Å²) >= 11 is 0. The average molecular weight is 383 g/mol. The Kier molecular flexibility index (Phi) is 5.61. The summed E-state index contributed by atoms with van der Waals surface area (Å²) in [6, 6.07) is 8.71. The Labute approximate surface area is 162 Å². The monoisotopic (exact) mass is 383 g/mol. The lowest BCUT2D eigenvalue weighted by Gasteiger charge is -2.35. The van der Waals surface area contributed by atoms with Crippen molar-refractivity contribution < 1.29 is 14.1 Å². The van der Waals surface area contributed by atoms with Gasteiger partial charge in [-0.05, 0) is 19.9 Å². The van der Waals surface area contributed by atoms with Crippen molar-refractivity contribution in [2.24, 2.45) is 0 Å². The number of carbonyl (C=O) groups excluding carboxylic acids is 1. The lowest BCUT2D eigenvalue weighted by Crippen LogP contribution is -2.48. The molecule has 1 aromatic heterocycles. The summed E-state index contributed by atoms with van der Waals surface area (Å²) in [5.74, 6) is 0.523. The number of rotatable bonds is 5. The molecule has 1 aliphatic heterocycles. The van der Waals surface area contributed by atoms with Gasteiger partial charge in [-0.25, -0.2) is 0 Å². The Morgan fingerprint density at radius 3 is 2.61 bits per heavy atom.